The standard InChI is InChI=1S/C76H132O6/c1-4-7-10-13-16-19-22-25-28-31-33-35-36-37-38-39-40-42-43-45-48-51-54-57-60-63-66-69-75(78)81-72-73(71-80-74(77)68-65-62-59-56-53-50-47-30-27-24-21-18-15-12-9-6-3)82-76(79)70-67-64-61-58-55-52-49-46-44-41-34-32-29-26-23-20-17-14-11-8-5-2/h8,11,17,20-21,24,26,29-30,34,41,46-47,49,55,58,73H,4-7,9-10,12-16,18-19,22-23,25,27-28,31-33,35-40,42-45,48,50-54,56-57,59-72H2,1-3H3/b11-8-,20-17-,24-21-,29-26-,41-34-,47-30-,49-46-,58-55-. The van der Waals surface area contributed by atoms with Gasteiger partial charge in [-0.3, -0.25) is 14.4 Å². The molecule has 0 aliphatic heterocycles. The molecule has 82 heavy (non-hydrogen) atoms. The number of esters is 3. The summed E-state index contributed by atoms with van der Waals surface area (Å²) in [6, 6.07) is 0. The first-order chi connectivity index (χ1) is 40.5. The largest absolute Gasteiger partial charge is 0.462 e. The third kappa shape index (κ3) is 67.1. The molecule has 1 unspecified atom stereocenters. The maximum atomic E-state index is 12.9. The fourth-order valence-electron chi connectivity index (χ4n) is 10.1. The highest BCUT2D eigenvalue weighted by Crippen LogP contribution is 2.18. The van der Waals surface area contributed by atoms with Gasteiger partial charge in [0.25, 0.3) is 0 Å². The fraction of sp³-hybridized carbons (Fsp3) is 0.750. The van der Waals surface area contributed by atoms with Crippen molar-refractivity contribution in [2.75, 3.05) is 13.2 Å². The van der Waals surface area contributed by atoms with Gasteiger partial charge >= 0.3 is 17.9 Å². The molecule has 0 N–H and O–H groups in total. The average Bonchev–Trinajstić information content (AvgIpc) is 3.48. The van der Waals surface area contributed by atoms with Gasteiger partial charge in [-0.1, -0.05) is 323 Å². The highest BCUT2D eigenvalue weighted by Gasteiger charge is 2.19. The zero-order valence-electron chi connectivity index (χ0n) is 54.2. The number of hydrogen-bond donors (Lipinski definition) is 0. The van der Waals surface area contributed by atoms with Gasteiger partial charge in [0.15, 0.2) is 6.10 Å². The lowest BCUT2D eigenvalue weighted by molar-refractivity contribution is -0.167. The molecule has 0 aromatic carbocycles. The maximum absolute atomic E-state index is 12.9. The predicted molar refractivity (Wildman–Crippen MR) is 357 cm³/mol. The Hall–Kier alpha value is -3.67. The Morgan fingerprint density at radius 2 is 0.476 bits per heavy atom. The predicted octanol–water partition coefficient (Wildman–Crippen LogP) is 24.4. The summed E-state index contributed by atoms with van der Waals surface area (Å²) < 4.78 is 16.9. The minimum Gasteiger partial charge on any atom is -0.462 e. The third-order valence-corrected chi connectivity index (χ3v) is 15.3. The van der Waals surface area contributed by atoms with Crippen LogP contribution in [-0.2, 0) is 28.6 Å². The molecule has 0 aliphatic carbocycles. The van der Waals surface area contributed by atoms with Gasteiger partial charge in [0, 0.05) is 19.3 Å². The van der Waals surface area contributed by atoms with Crippen molar-refractivity contribution in [1.82, 2.24) is 0 Å². The zero-order valence-corrected chi connectivity index (χ0v) is 54.2. The molecular weight excluding hydrogens is 1010 g/mol. The van der Waals surface area contributed by atoms with Crippen LogP contribution >= 0.6 is 0 Å². The molecule has 0 fully saturated rings. The summed E-state index contributed by atoms with van der Waals surface area (Å²) in [5.41, 5.74) is 0. The van der Waals surface area contributed by atoms with Gasteiger partial charge in [-0.25, -0.2) is 0 Å². The first-order valence-corrected chi connectivity index (χ1v) is 35.2. The van der Waals surface area contributed by atoms with Crippen molar-refractivity contribution in [3.63, 3.8) is 0 Å². The lowest BCUT2D eigenvalue weighted by atomic mass is 10.0. The second-order valence-electron chi connectivity index (χ2n) is 23.4. The molecule has 0 rings (SSSR count). The van der Waals surface area contributed by atoms with Crippen LogP contribution in [0, 0.1) is 0 Å². The summed E-state index contributed by atoms with van der Waals surface area (Å²) in [7, 11) is 0. The summed E-state index contributed by atoms with van der Waals surface area (Å²) in [6.07, 6.45) is 94.4. The van der Waals surface area contributed by atoms with E-state index in [1.54, 1.807) is 0 Å². The van der Waals surface area contributed by atoms with E-state index in [4.69, 9.17) is 14.2 Å². The lowest BCUT2D eigenvalue weighted by Crippen LogP contribution is -2.30. The molecule has 0 heterocycles. The van der Waals surface area contributed by atoms with Crippen LogP contribution < -0.4 is 0 Å². The van der Waals surface area contributed by atoms with Crippen LogP contribution in [0.5, 0.6) is 0 Å². The monoisotopic (exact) mass is 1140 g/mol. The third-order valence-electron chi connectivity index (χ3n) is 15.3. The quantitative estimate of drug-likeness (QED) is 0.0261. The van der Waals surface area contributed by atoms with Gasteiger partial charge in [-0.2, -0.15) is 0 Å². The summed E-state index contributed by atoms with van der Waals surface area (Å²) in [5, 5.41) is 0. The van der Waals surface area contributed by atoms with E-state index in [0.717, 1.165) is 116 Å². The number of allylic oxidation sites excluding steroid dienone is 16. The zero-order chi connectivity index (χ0) is 59.2. The minimum atomic E-state index is -0.808. The highest BCUT2D eigenvalue weighted by atomic mass is 16.6. The average molecular weight is 1140 g/mol. The second-order valence-corrected chi connectivity index (χ2v) is 23.4. The molecule has 0 bridgehead atoms. The molecule has 0 radical (unpaired) electrons. The summed E-state index contributed by atoms with van der Waals surface area (Å²) in [6.45, 7) is 6.51. The highest BCUT2D eigenvalue weighted by molar-refractivity contribution is 5.71. The van der Waals surface area contributed by atoms with Crippen LogP contribution in [-0.4, -0.2) is 37.2 Å². The molecule has 0 aromatic rings. The molecular formula is C76H132O6. The summed E-state index contributed by atoms with van der Waals surface area (Å²) >= 11 is 0. The van der Waals surface area contributed by atoms with E-state index in [0.29, 0.717) is 19.3 Å². The van der Waals surface area contributed by atoms with E-state index in [1.165, 1.54) is 186 Å². The molecule has 6 heteroatoms. The number of unbranched alkanes of at least 4 members (excludes halogenated alkanes) is 37. The van der Waals surface area contributed by atoms with Crippen molar-refractivity contribution in [2.24, 2.45) is 0 Å². The van der Waals surface area contributed by atoms with Crippen LogP contribution in [0.15, 0.2) is 97.2 Å². The van der Waals surface area contributed by atoms with Crippen molar-refractivity contribution in [3.8, 4) is 0 Å². The normalized spacial score (nSPS) is 12.7. The van der Waals surface area contributed by atoms with Crippen LogP contribution in [0.2, 0.25) is 0 Å². The maximum Gasteiger partial charge on any atom is 0.306 e. The van der Waals surface area contributed by atoms with E-state index in [9.17, 15) is 14.4 Å². The Morgan fingerprint density at radius 3 is 0.780 bits per heavy atom. The molecule has 0 amide bonds. The van der Waals surface area contributed by atoms with Crippen LogP contribution in [0.25, 0.3) is 0 Å². The van der Waals surface area contributed by atoms with Crippen LogP contribution in [0.4, 0.5) is 0 Å². The SMILES string of the molecule is CC/C=C\C/C=C\C/C=C\C/C=C\C/C=C\C/C=C\CCCCC(=O)OC(COC(=O)CCCCCCC/C=C\C/C=C\CCCCCC)COC(=O)CCCCCCCCCCCCCCCCCCCCCCCCCCCCC. The number of carbonyl (C=O) groups excluding carboxylic acids is 3. The van der Waals surface area contributed by atoms with Crippen molar-refractivity contribution < 1.29 is 28.6 Å². The Kier molecular flexibility index (Phi) is 66.7. The minimum absolute atomic E-state index is 0.0975. The van der Waals surface area contributed by atoms with Gasteiger partial charge in [0.2, 0.25) is 0 Å². The molecule has 0 saturated heterocycles. The molecule has 472 valence electrons. The van der Waals surface area contributed by atoms with E-state index in [1.807, 2.05) is 0 Å². The van der Waals surface area contributed by atoms with Gasteiger partial charge in [-0.15, -0.1) is 0 Å². The Balaban J connectivity index is 4.37. The number of rotatable bonds is 64. The molecule has 6 nitrogen and oxygen atoms in total. The smallest absolute Gasteiger partial charge is 0.306 e. The van der Waals surface area contributed by atoms with E-state index in [-0.39, 0.29) is 37.5 Å². The van der Waals surface area contributed by atoms with Crippen LogP contribution in [0.3, 0.4) is 0 Å². The Labute approximate surface area is 508 Å². The van der Waals surface area contributed by atoms with Gasteiger partial charge in [0.1, 0.15) is 13.2 Å². The van der Waals surface area contributed by atoms with Crippen molar-refractivity contribution >= 4 is 17.9 Å². The molecule has 0 aliphatic rings. The first-order valence-electron chi connectivity index (χ1n) is 35.2. The van der Waals surface area contributed by atoms with Crippen molar-refractivity contribution in [2.45, 2.75) is 354 Å². The second kappa shape index (κ2) is 69.8. The van der Waals surface area contributed by atoms with Crippen LogP contribution in [0.1, 0.15) is 348 Å². The summed E-state index contributed by atoms with van der Waals surface area (Å²) in [4.78, 5) is 38.4. The fourth-order valence-corrected chi connectivity index (χ4v) is 10.1. The van der Waals surface area contributed by atoms with Crippen molar-refractivity contribution in [1.29, 1.82) is 0 Å². The molecule has 1 atom stereocenters. The van der Waals surface area contributed by atoms with Gasteiger partial charge < -0.3 is 14.2 Å². The molecule has 0 aromatic heterocycles. The number of ether oxygens (including phenoxy) is 3. The topological polar surface area (TPSA) is 78.9 Å². The number of hydrogen-bond acceptors (Lipinski definition) is 6. The van der Waals surface area contributed by atoms with E-state index >= 15 is 0 Å². The molecule has 0 spiro atoms. The van der Waals surface area contributed by atoms with E-state index < -0.39 is 6.10 Å². The van der Waals surface area contributed by atoms with Gasteiger partial charge in [-0.05, 0) is 103 Å². The van der Waals surface area contributed by atoms with E-state index in [2.05, 4.69) is 118 Å². The van der Waals surface area contributed by atoms with Gasteiger partial charge in [0.05, 0.1) is 0 Å². The first kappa shape index (κ1) is 78.3. The lowest BCUT2D eigenvalue weighted by Gasteiger charge is -2.18. The summed E-state index contributed by atoms with van der Waals surface area (Å²) in [5.74, 6) is -0.941. The molecule has 0 saturated carbocycles. The van der Waals surface area contributed by atoms with Crippen molar-refractivity contribution in [3.05, 3.63) is 97.2 Å². The number of carbonyl (C=O) groups is 3. The Bertz CT molecular complexity index is 1590. The Morgan fingerprint density at radius 1 is 0.256 bits per heavy atom.